The Balaban J connectivity index is 1.66. The normalized spacial score (nSPS) is 10.7. The topological polar surface area (TPSA) is 44.0 Å². The Labute approximate surface area is 182 Å². The second-order valence-electron chi connectivity index (χ2n) is 6.87. The molecule has 0 amide bonds. The van der Waals surface area contributed by atoms with E-state index >= 15 is 0 Å². The summed E-state index contributed by atoms with van der Waals surface area (Å²) in [5.41, 5.74) is 1.48. The zero-order valence-electron chi connectivity index (χ0n) is 16.7. The third-order valence-electron chi connectivity index (χ3n) is 4.86. The first-order chi connectivity index (χ1) is 14.6. The molecule has 0 saturated carbocycles. The number of thiophene rings is 1. The smallest absolute Gasteiger partial charge is 0.287 e. The molecule has 30 heavy (non-hydrogen) atoms. The predicted octanol–water partition coefficient (Wildman–Crippen LogP) is 4.13. The molecule has 0 bridgehead atoms. The number of hydrogen-bond donors (Lipinski definition) is 0. The monoisotopic (exact) mass is 432 g/mol. The molecule has 4 aromatic rings. The summed E-state index contributed by atoms with van der Waals surface area (Å²) in [5, 5.41) is 0.534. The number of aromatic nitrogens is 2. The Morgan fingerprint density at radius 1 is 1.00 bits per heavy atom. The molecule has 2 heterocycles. The maximum absolute atomic E-state index is 13.0. The number of aryl methyl sites for hydroxylation is 1. The van der Waals surface area contributed by atoms with Crippen LogP contribution in [-0.4, -0.2) is 15.4 Å². The summed E-state index contributed by atoms with van der Waals surface area (Å²) >= 11 is 3.09. The van der Waals surface area contributed by atoms with Crippen molar-refractivity contribution in [3.8, 4) is 11.8 Å². The molecular formula is C24H20N2O2S2. The van der Waals surface area contributed by atoms with Gasteiger partial charge in [0.25, 0.3) is 5.56 Å². The molecule has 6 heteroatoms. The Bertz CT molecular complexity index is 1370. The van der Waals surface area contributed by atoms with E-state index in [1.54, 1.807) is 24.9 Å². The average Bonchev–Trinajstić information content (AvgIpc) is 3.21. The third-order valence-corrected chi connectivity index (χ3v) is 6.73. The number of nitrogens with zero attached hydrogens (tertiary/aromatic N) is 2. The Morgan fingerprint density at radius 2 is 1.73 bits per heavy atom. The number of rotatable bonds is 4. The molecule has 0 saturated heterocycles. The quantitative estimate of drug-likeness (QED) is 0.360. The van der Waals surface area contributed by atoms with Crippen molar-refractivity contribution in [2.24, 2.45) is 7.05 Å². The van der Waals surface area contributed by atoms with E-state index in [1.807, 2.05) is 30.3 Å². The van der Waals surface area contributed by atoms with Crippen molar-refractivity contribution in [2.75, 3.05) is 6.26 Å². The van der Waals surface area contributed by atoms with Crippen LogP contribution in [0.1, 0.15) is 16.0 Å². The first kappa shape index (κ1) is 20.3. The highest BCUT2D eigenvalue weighted by Crippen LogP contribution is 2.21. The van der Waals surface area contributed by atoms with Gasteiger partial charge in [-0.05, 0) is 35.6 Å². The standard InChI is InChI=1S/C24H20N2O2S2/c1-25-23-21(22(27)26(24(25)28)16-18-7-4-3-5-8-18)15-20(30-23)10-6-9-17-11-13-19(29-2)14-12-17/h3-5,7-8,11-15H,9,16H2,1-2H3. The van der Waals surface area contributed by atoms with Gasteiger partial charge in [-0.25, -0.2) is 4.79 Å². The molecule has 0 aliphatic carbocycles. The molecule has 0 aliphatic rings. The predicted molar refractivity (Wildman–Crippen MR) is 126 cm³/mol. The average molecular weight is 433 g/mol. The van der Waals surface area contributed by atoms with Crippen molar-refractivity contribution in [1.29, 1.82) is 0 Å². The van der Waals surface area contributed by atoms with Crippen molar-refractivity contribution in [2.45, 2.75) is 17.9 Å². The van der Waals surface area contributed by atoms with Crippen molar-refractivity contribution in [3.05, 3.63) is 97.5 Å². The molecule has 4 rings (SSSR count). The van der Waals surface area contributed by atoms with Gasteiger partial charge in [-0.3, -0.25) is 13.9 Å². The Hall–Kier alpha value is -3.01. The summed E-state index contributed by atoms with van der Waals surface area (Å²) in [7, 11) is 1.70. The van der Waals surface area contributed by atoms with Gasteiger partial charge in [0, 0.05) is 18.4 Å². The fourth-order valence-electron chi connectivity index (χ4n) is 3.23. The molecule has 0 aliphatic heterocycles. The van der Waals surface area contributed by atoms with Crippen molar-refractivity contribution >= 4 is 33.3 Å². The SMILES string of the molecule is CSc1ccc(CC#Cc2cc3c(=O)n(Cc4ccccc4)c(=O)n(C)c3s2)cc1. The Kier molecular flexibility index (Phi) is 5.93. The summed E-state index contributed by atoms with van der Waals surface area (Å²) in [6, 6.07) is 19.7. The van der Waals surface area contributed by atoms with Crippen LogP contribution >= 0.6 is 23.1 Å². The summed E-state index contributed by atoms with van der Waals surface area (Å²) < 4.78 is 2.82. The largest absolute Gasteiger partial charge is 0.332 e. The molecule has 0 atom stereocenters. The summed E-state index contributed by atoms with van der Waals surface area (Å²) in [4.78, 5) is 28.4. The van der Waals surface area contributed by atoms with Gasteiger partial charge in [-0.1, -0.05) is 54.3 Å². The van der Waals surface area contributed by atoms with E-state index in [0.29, 0.717) is 16.6 Å². The Morgan fingerprint density at radius 3 is 2.43 bits per heavy atom. The lowest BCUT2D eigenvalue weighted by Gasteiger charge is -2.08. The number of benzene rings is 2. The van der Waals surface area contributed by atoms with Crippen molar-refractivity contribution in [1.82, 2.24) is 9.13 Å². The molecule has 150 valence electrons. The summed E-state index contributed by atoms with van der Waals surface area (Å²) in [6.07, 6.45) is 2.69. The maximum Gasteiger partial charge on any atom is 0.332 e. The van der Waals surface area contributed by atoms with E-state index in [9.17, 15) is 9.59 Å². The third kappa shape index (κ3) is 4.13. The highest BCUT2D eigenvalue weighted by atomic mass is 32.2. The maximum atomic E-state index is 13.0. The number of thioether (sulfide) groups is 1. The molecule has 0 unspecified atom stereocenters. The minimum absolute atomic E-state index is 0.255. The lowest BCUT2D eigenvalue weighted by Crippen LogP contribution is -2.38. The number of fused-ring (bicyclic) bond motifs is 1. The summed E-state index contributed by atoms with van der Waals surface area (Å²) in [5.74, 6) is 6.34. The summed E-state index contributed by atoms with van der Waals surface area (Å²) in [6.45, 7) is 0.255. The van der Waals surface area contributed by atoms with Gasteiger partial charge in [0.2, 0.25) is 0 Å². The molecule has 2 aromatic heterocycles. The van der Waals surface area contributed by atoms with Gasteiger partial charge in [-0.2, -0.15) is 0 Å². The first-order valence-electron chi connectivity index (χ1n) is 9.46. The highest BCUT2D eigenvalue weighted by Gasteiger charge is 2.14. The van der Waals surface area contributed by atoms with Crippen LogP contribution in [0.3, 0.4) is 0 Å². The lowest BCUT2D eigenvalue weighted by molar-refractivity contribution is 0.663. The highest BCUT2D eigenvalue weighted by molar-refractivity contribution is 7.98. The van der Waals surface area contributed by atoms with E-state index < -0.39 is 0 Å². The zero-order chi connectivity index (χ0) is 21.1. The van der Waals surface area contributed by atoms with Gasteiger partial charge >= 0.3 is 5.69 Å². The zero-order valence-corrected chi connectivity index (χ0v) is 18.3. The van der Waals surface area contributed by atoms with Crippen LogP contribution < -0.4 is 11.2 Å². The van der Waals surface area contributed by atoms with Gasteiger partial charge in [0.05, 0.1) is 16.8 Å². The van der Waals surface area contributed by atoms with Crippen LogP contribution in [0, 0.1) is 11.8 Å². The van der Waals surface area contributed by atoms with E-state index in [-0.39, 0.29) is 17.8 Å². The van der Waals surface area contributed by atoms with Gasteiger partial charge in [0.15, 0.2) is 0 Å². The van der Waals surface area contributed by atoms with E-state index in [4.69, 9.17) is 0 Å². The van der Waals surface area contributed by atoms with E-state index in [1.165, 1.54) is 25.4 Å². The lowest BCUT2D eigenvalue weighted by atomic mass is 10.1. The molecule has 0 N–H and O–H groups in total. The minimum atomic E-state index is -0.313. The van der Waals surface area contributed by atoms with Crippen LogP contribution in [0.2, 0.25) is 0 Å². The van der Waals surface area contributed by atoms with Crippen LogP contribution in [0.25, 0.3) is 10.2 Å². The van der Waals surface area contributed by atoms with E-state index in [0.717, 1.165) is 16.0 Å². The van der Waals surface area contributed by atoms with Crippen molar-refractivity contribution in [3.63, 3.8) is 0 Å². The fourth-order valence-corrected chi connectivity index (χ4v) is 4.62. The molecule has 0 spiro atoms. The van der Waals surface area contributed by atoms with Crippen LogP contribution in [0.15, 0.2) is 75.1 Å². The van der Waals surface area contributed by atoms with Gasteiger partial charge < -0.3 is 0 Å². The van der Waals surface area contributed by atoms with Crippen LogP contribution in [0.4, 0.5) is 0 Å². The second kappa shape index (κ2) is 8.78. The molecule has 4 nitrogen and oxygen atoms in total. The van der Waals surface area contributed by atoms with E-state index in [2.05, 4.69) is 42.4 Å². The van der Waals surface area contributed by atoms with Gasteiger partial charge in [-0.15, -0.1) is 23.1 Å². The molecule has 0 radical (unpaired) electrons. The first-order valence-corrected chi connectivity index (χ1v) is 11.5. The van der Waals surface area contributed by atoms with Crippen molar-refractivity contribution < 1.29 is 0 Å². The fraction of sp³-hybridized carbons (Fsp3) is 0.167. The number of hydrogen-bond acceptors (Lipinski definition) is 4. The minimum Gasteiger partial charge on any atom is -0.287 e. The second-order valence-corrected chi connectivity index (χ2v) is 8.78. The molecular weight excluding hydrogens is 412 g/mol. The van der Waals surface area contributed by atoms with Crippen LogP contribution in [-0.2, 0) is 20.0 Å². The van der Waals surface area contributed by atoms with Crippen LogP contribution in [0.5, 0.6) is 0 Å². The molecule has 2 aromatic carbocycles. The molecule has 0 fully saturated rings. The van der Waals surface area contributed by atoms with Gasteiger partial charge in [0.1, 0.15) is 4.83 Å².